The minimum Gasteiger partial charge on any atom is -0.389 e. The third kappa shape index (κ3) is 2.48. The molecule has 0 radical (unpaired) electrons. The van der Waals surface area contributed by atoms with Crippen molar-refractivity contribution >= 4 is 6.03 Å². The third-order valence-electron chi connectivity index (χ3n) is 3.64. The number of hydrogen-bond donors (Lipinski definition) is 1. The Morgan fingerprint density at radius 3 is 2.00 bits per heavy atom. The van der Waals surface area contributed by atoms with Gasteiger partial charge in [-0.05, 0) is 18.3 Å². The number of amides is 2. The third-order valence-corrected chi connectivity index (χ3v) is 3.64. The first-order valence-electron chi connectivity index (χ1n) is 5.86. The Morgan fingerprint density at radius 2 is 1.69 bits per heavy atom. The van der Waals surface area contributed by atoms with E-state index in [1.807, 2.05) is 0 Å². The van der Waals surface area contributed by atoms with Gasteiger partial charge in [0.15, 0.2) is 0 Å². The molecule has 1 rings (SSSR count). The van der Waals surface area contributed by atoms with Crippen LogP contribution in [0.25, 0.3) is 0 Å². The molecule has 1 fully saturated rings. The van der Waals surface area contributed by atoms with E-state index in [2.05, 4.69) is 20.8 Å². The van der Waals surface area contributed by atoms with E-state index in [-0.39, 0.29) is 11.4 Å². The maximum atomic E-state index is 11.7. The zero-order valence-electron chi connectivity index (χ0n) is 11.1. The highest BCUT2D eigenvalue weighted by Crippen LogP contribution is 2.38. The van der Waals surface area contributed by atoms with Crippen LogP contribution in [0.1, 0.15) is 33.6 Å². The molecule has 0 unspecified atom stereocenters. The maximum Gasteiger partial charge on any atom is 0.319 e. The van der Waals surface area contributed by atoms with Crippen molar-refractivity contribution in [3.05, 3.63) is 0 Å². The van der Waals surface area contributed by atoms with E-state index >= 15 is 0 Å². The first kappa shape index (κ1) is 13.3. The summed E-state index contributed by atoms with van der Waals surface area (Å²) < 4.78 is 0. The Kier molecular flexibility index (Phi) is 3.53. The molecule has 1 saturated heterocycles. The quantitative estimate of drug-likeness (QED) is 0.683. The normalized spacial score (nSPS) is 20.8. The predicted octanol–water partition coefficient (Wildman–Crippen LogP) is 1.54. The first-order chi connectivity index (χ1) is 7.17. The van der Waals surface area contributed by atoms with E-state index in [1.54, 1.807) is 23.9 Å². The fourth-order valence-corrected chi connectivity index (χ4v) is 2.10. The Balaban J connectivity index is 2.61. The van der Waals surface area contributed by atoms with Crippen molar-refractivity contribution in [2.45, 2.75) is 39.2 Å². The van der Waals surface area contributed by atoms with E-state index in [1.165, 1.54) is 0 Å². The second-order valence-corrected chi connectivity index (χ2v) is 5.95. The molecule has 0 atom stereocenters. The molecule has 4 heteroatoms. The van der Waals surface area contributed by atoms with E-state index in [0.717, 1.165) is 0 Å². The van der Waals surface area contributed by atoms with Gasteiger partial charge in [0.25, 0.3) is 0 Å². The summed E-state index contributed by atoms with van der Waals surface area (Å²) in [6.45, 7) is 7.44. The van der Waals surface area contributed by atoms with Crippen LogP contribution in [0, 0.1) is 5.41 Å². The molecular weight excluding hydrogens is 204 g/mol. The molecule has 1 heterocycles. The van der Waals surface area contributed by atoms with Crippen molar-refractivity contribution in [2.24, 2.45) is 5.41 Å². The molecule has 0 spiro atoms. The number of rotatable bonds is 0. The van der Waals surface area contributed by atoms with Crippen LogP contribution < -0.4 is 0 Å². The molecule has 0 bridgehead atoms. The molecule has 0 aromatic rings. The van der Waals surface area contributed by atoms with Gasteiger partial charge in [-0.15, -0.1) is 0 Å². The molecular formula is C12H24N2O2. The van der Waals surface area contributed by atoms with Gasteiger partial charge in [0, 0.05) is 27.2 Å². The summed E-state index contributed by atoms with van der Waals surface area (Å²) in [7, 11) is 3.51. The SMILES string of the molecule is CN(C)C(=O)N1CCC(O)(C(C)(C)C)CC1. The van der Waals surface area contributed by atoms with E-state index in [9.17, 15) is 9.90 Å². The number of urea groups is 1. The summed E-state index contributed by atoms with van der Waals surface area (Å²) in [5.74, 6) is 0. The largest absolute Gasteiger partial charge is 0.389 e. The highest BCUT2D eigenvalue weighted by atomic mass is 16.3. The van der Waals surface area contributed by atoms with Gasteiger partial charge in [0.05, 0.1) is 5.60 Å². The molecule has 0 aliphatic carbocycles. The fourth-order valence-electron chi connectivity index (χ4n) is 2.10. The average molecular weight is 228 g/mol. The first-order valence-corrected chi connectivity index (χ1v) is 5.86. The summed E-state index contributed by atoms with van der Waals surface area (Å²) in [6, 6.07) is 0.0379. The lowest BCUT2D eigenvalue weighted by molar-refractivity contribution is -0.0939. The average Bonchev–Trinajstić information content (AvgIpc) is 2.16. The Morgan fingerprint density at radius 1 is 1.25 bits per heavy atom. The molecule has 1 aliphatic heterocycles. The molecule has 0 aromatic carbocycles. The van der Waals surface area contributed by atoms with Gasteiger partial charge < -0.3 is 14.9 Å². The van der Waals surface area contributed by atoms with Crippen LogP contribution in [0.4, 0.5) is 4.79 Å². The highest BCUT2D eigenvalue weighted by molar-refractivity contribution is 5.73. The fraction of sp³-hybridized carbons (Fsp3) is 0.917. The molecule has 1 aliphatic rings. The van der Waals surface area contributed by atoms with Crippen molar-refractivity contribution in [2.75, 3.05) is 27.2 Å². The van der Waals surface area contributed by atoms with Gasteiger partial charge in [0.1, 0.15) is 0 Å². The summed E-state index contributed by atoms with van der Waals surface area (Å²) in [6.07, 6.45) is 1.33. The van der Waals surface area contributed by atoms with Gasteiger partial charge in [-0.1, -0.05) is 20.8 Å². The van der Waals surface area contributed by atoms with E-state index in [4.69, 9.17) is 0 Å². The smallest absolute Gasteiger partial charge is 0.319 e. The van der Waals surface area contributed by atoms with Crippen molar-refractivity contribution in [3.63, 3.8) is 0 Å². The predicted molar refractivity (Wildman–Crippen MR) is 64.3 cm³/mol. The van der Waals surface area contributed by atoms with Crippen LogP contribution >= 0.6 is 0 Å². The minimum atomic E-state index is -0.643. The molecule has 0 aromatic heterocycles. The summed E-state index contributed by atoms with van der Waals surface area (Å²) in [5.41, 5.74) is -0.768. The number of carbonyl (C=O) groups is 1. The zero-order valence-corrected chi connectivity index (χ0v) is 11.1. The van der Waals surface area contributed by atoms with Gasteiger partial charge in [-0.3, -0.25) is 0 Å². The van der Waals surface area contributed by atoms with Crippen LogP contribution in [0.2, 0.25) is 0 Å². The van der Waals surface area contributed by atoms with Crippen molar-refractivity contribution in [1.29, 1.82) is 0 Å². The van der Waals surface area contributed by atoms with Gasteiger partial charge in [-0.25, -0.2) is 4.79 Å². The van der Waals surface area contributed by atoms with Crippen molar-refractivity contribution < 1.29 is 9.90 Å². The van der Waals surface area contributed by atoms with E-state index in [0.29, 0.717) is 25.9 Å². The molecule has 1 N–H and O–H groups in total. The number of likely N-dealkylation sites (tertiary alicyclic amines) is 1. The second-order valence-electron chi connectivity index (χ2n) is 5.95. The van der Waals surface area contributed by atoms with Crippen molar-refractivity contribution in [3.8, 4) is 0 Å². The molecule has 0 saturated carbocycles. The highest BCUT2D eigenvalue weighted by Gasteiger charge is 2.43. The molecule has 16 heavy (non-hydrogen) atoms. The van der Waals surface area contributed by atoms with Crippen LogP contribution in [-0.2, 0) is 0 Å². The second kappa shape index (κ2) is 4.24. The Labute approximate surface area is 98.2 Å². The summed E-state index contributed by atoms with van der Waals surface area (Å²) >= 11 is 0. The van der Waals surface area contributed by atoms with Gasteiger partial charge >= 0.3 is 6.03 Å². The summed E-state index contributed by atoms with van der Waals surface area (Å²) in [4.78, 5) is 15.1. The van der Waals surface area contributed by atoms with E-state index < -0.39 is 5.60 Å². The zero-order chi connectivity index (χ0) is 12.6. The van der Waals surface area contributed by atoms with Crippen molar-refractivity contribution in [1.82, 2.24) is 9.80 Å². The Bertz CT molecular complexity index is 261. The maximum absolute atomic E-state index is 11.7. The lowest BCUT2D eigenvalue weighted by Gasteiger charge is -2.46. The van der Waals surface area contributed by atoms with Crippen LogP contribution in [0.3, 0.4) is 0 Å². The van der Waals surface area contributed by atoms with Crippen LogP contribution in [0.5, 0.6) is 0 Å². The monoisotopic (exact) mass is 228 g/mol. The van der Waals surface area contributed by atoms with Gasteiger partial charge in [-0.2, -0.15) is 0 Å². The molecule has 94 valence electrons. The van der Waals surface area contributed by atoms with Gasteiger partial charge in [0.2, 0.25) is 0 Å². The molecule has 4 nitrogen and oxygen atoms in total. The number of piperidine rings is 1. The number of nitrogens with zero attached hydrogens (tertiary/aromatic N) is 2. The van der Waals surface area contributed by atoms with Crippen LogP contribution in [0.15, 0.2) is 0 Å². The number of aliphatic hydroxyl groups is 1. The summed E-state index contributed by atoms with van der Waals surface area (Å²) in [5, 5.41) is 10.5. The minimum absolute atomic E-state index is 0.0379. The van der Waals surface area contributed by atoms with Crippen LogP contribution in [-0.4, -0.2) is 53.7 Å². The lowest BCUT2D eigenvalue weighted by Crippen LogP contribution is -2.54. The molecule has 2 amide bonds. The number of carbonyl (C=O) groups excluding carboxylic acids is 1. The Hall–Kier alpha value is -0.770. The lowest BCUT2D eigenvalue weighted by atomic mass is 9.71. The number of hydrogen-bond acceptors (Lipinski definition) is 2. The standard InChI is InChI=1S/C12H24N2O2/c1-11(2,3)12(16)6-8-14(9-7-12)10(15)13(4)5/h16H,6-9H2,1-5H3. The topological polar surface area (TPSA) is 43.8 Å².